The highest BCUT2D eigenvalue weighted by Crippen LogP contribution is 2.28. The van der Waals surface area contributed by atoms with Gasteiger partial charge in [0.15, 0.2) is 0 Å². The molecule has 2 rings (SSSR count). The van der Waals surface area contributed by atoms with Crippen molar-refractivity contribution in [3.63, 3.8) is 0 Å². The van der Waals surface area contributed by atoms with Gasteiger partial charge in [0.25, 0.3) is 5.91 Å². The number of ether oxygens (including phenoxy) is 1. The molecular formula is C15H17NO3S. The number of thiophene rings is 1. The number of nitrogens with one attached hydrogen (secondary N) is 1. The lowest BCUT2D eigenvalue weighted by Gasteiger charge is -2.18. The Morgan fingerprint density at radius 1 is 1.40 bits per heavy atom. The van der Waals surface area contributed by atoms with Crippen LogP contribution in [0.25, 0.3) is 0 Å². The van der Waals surface area contributed by atoms with Crippen LogP contribution in [0.5, 0.6) is 11.5 Å². The van der Waals surface area contributed by atoms with Gasteiger partial charge in [0.05, 0.1) is 13.2 Å². The van der Waals surface area contributed by atoms with Crippen molar-refractivity contribution in [3.8, 4) is 11.5 Å². The maximum atomic E-state index is 12.3. The SMILES string of the molecule is CCC(NC(=O)c1sccc1OC)c1ccccc1O. The summed E-state index contributed by atoms with van der Waals surface area (Å²) in [5.41, 5.74) is 0.721. The summed E-state index contributed by atoms with van der Waals surface area (Å²) in [6.07, 6.45) is 0.691. The number of carbonyl (C=O) groups is 1. The molecule has 0 saturated carbocycles. The highest BCUT2D eigenvalue weighted by atomic mass is 32.1. The number of hydrogen-bond donors (Lipinski definition) is 2. The minimum Gasteiger partial charge on any atom is -0.508 e. The molecule has 0 fully saturated rings. The van der Waals surface area contributed by atoms with Crippen molar-refractivity contribution >= 4 is 17.2 Å². The van der Waals surface area contributed by atoms with Gasteiger partial charge >= 0.3 is 0 Å². The number of benzene rings is 1. The van der Waals surface area contributed by atoms with Crippen molar-refractivity contribution in [2.45, 2.75) is 19.4 Å². The van der Waals surface area contributed by atoms with Crippen molar-refractivity contribution < 1.29 is 14.6 Å². The lowest BCUT2D eigenvalue weighted by Crippen LogP contribution is -2.27. The summed E-state index contributed by atoms with van der Waals surface area (Å²) in [5, 5.41) is 14.6. The summed E-state index contributed by atoms with van der Waals surface area (Å²) in [6.45, 7) is 1.96. The van der Waals surface area contributed by atoms with E-state index < -0.39 is 0 Å². The van der Waals surface area contributed by atoms with E-state index in [1.807, 2.05) is 24.4 Å². The van der Waals surface area contributed by atoms with E-state index in [0.29, 0.717) is 17.0 Å². The molecule has 1 amide bonds. The summed E-state index contributed by atoms with van der Waals surface area (Å²) < 4.78 is 5.15. The molecule has 20 heavy (non-hydrogen) atoms. The molecule has 1 aromatic heterocycles. The first kappa shape index (κ1) is 14.4. The normalized spacial score (nSPS) is 11.9. The molecule has 106 valence electrons. The molecule has 0 spiro atoms. The molecule has 1 atom stereocenters. The van der Waals surface area contributed by atoms with Gasteiger partial charge in [-0.05, 0) is 23.9 Å². The highest BCUT2D eigenvalue weighted by molar-refractivity contribution is 7.12. The fourth-order valence-electron chi connectivity index (χ4n) is 2.03. The zero-order valence-corrected chi connectivity index (χ0v) is 12.2. The third-order valence-electron chi connectivity index (χ3n) is 3.08. The smallest absolute Gasteiger partial charge is 0.265 e. The lowest BCUT2D eigenvalue weighted by molar-refractivity contribution is 0.0936. The monoisotopic (exact) mass is 291 g/mol. The van der Waals surface area contributed by atoms with E-state index in [2.05, 4.69) is 5.32 Å². The number of amides is 1. The topological polar surface area (TPSA) is 58.6 Å². The number of hydrogen-bond acceptors (Lipinski definition) is 4. The van der Waals surface area contributed by atoms with Crippen molar-refractivity contribution in [2.24, 2.45) is 0 Å². The number of methoxy groups -OCH3 is 1. The quantitative estimate of drug-likeness (QED) is 0.888. The number of rotatable bonds is 5. The predicted molar refractivity (Wildman–Crippen MR) is 79.5 cm³/mol. The lowest BCUT2D eigenvalue weighted by atomic mass is 10.0. The molecule has 2 aromatic rings. The Hall–Kier alpha value is -2.01. The van der Waals surface area contributed by atoms with Gasteiger partial charge in [0, 0.05) is 5.56 Å². The fourth-order valence-corrected chi connectivity index (χ4v) is 2.79. The first-order chi connectivity index (χ1) is 9.67. The van der Waals surface area contributed by atoms with Gasteiger partial charge in [0.2, 0.25) is 0 Å². The van der Waals surface area contributed by atoms with Crippen LogP contribution in [0.1, 0.15) is 34.6 Å². The largest absolute Gasteiger partial charge is 0.508 e. The maximum absolute atomic E-state index is 12.3. The Bertz CT molecular complexity index is 594. The Labute approximate surface area is 122 Å². The van der Waals surface area contributed by atoms with Crippen LogP contribution in [0.4, 0.5) is 0 Å². The molecule has 0 saturated heterocycles. The maximum Gasteiger partial charge on any atom is 0.265 e. The molecule has 1 aromatic carbocycles. The van der Waals surface area contributed by atoms with Crippen LogP contribution in [-0.4, -0.2) is 18.1 Å². The standard InChI is InChI=1S/C15H17NO3S/c1-3-11(10-6-4-5-7-12(10)17)16-15(18)14-13(19-2)8-9-20-14/h4-9,11,17H,3H2,1-2H3,(H,16,18). The molecule has 0 bridgehead atoms. The van der Waals surface area contributed by atoms with Crippen LogP contribution in [0.2, 0.25) is 0 Å². The van der Waals surface area contributed by atoms with Gasteiger partial charge in [-0.2, -0.15) is 0 Å². The molecular weight excluding hydrogens is 274 g/mol. The molecule has 2 N–H and O–H groups in total. The fraction of sp³-hybridized carbons (Fsp3) is 0.267. The summed E-state index contributed by atoms with van der Waals surface area (Å²) in [7, 11) is 1.54. The molecule has 0 aliphatic carbocycles. The Balaban J connectivity index is 2.19. The second kappa shape index (κ2) is 6.43. The van der Waals surface area contributed by atoms with Gasteiger partial charge in [-0.1, -0.05) is 25.1 Å². The minimum absolute atomic E-state index is 0.188. The van der Waals surface area contributed by atoms with Gasteiger partial charge in [0.1, 0.15) is 16.4 Å². The number of carbonyl (C=O) groups excluding carboxylic acids is 1. The van der Waals surface area contributed by atoms with Crippen molar-refractivity contribution in [2.75, 3.05) is 7.11 Å². The Kier molecular flexibility index (Phi) is 4.63. The number of phenolic OH excluding ortho intramolecular Hbond substituents is 1. The van der Waals surface area contributed by atoms with Crippen LogP contribution in [-0.2, 0) is 0 Å². The molecule has 1 heterocycles. The molecule has 4 nitrogen and oxygen atoms in total. The van der Waals surface area contributed by atoms with E-state index in [4.69, 9.17) is 4.74 Å². The van der Waals surface area contributed by atoms with Crippen molar-refractivity contribution in [1.82, 2.24) is 5.32 Å². The first-order valence-electron chi connectivity index (χ1n) is 6.37. The van der Waals surface area contributed by atoms with Crippen LogP contribution in [0, 0.1) is 0 Å². The van der Waals surface area contributed by atoms with E-state index in [9.17, 15) is 9.90 Å². The van der Waals surface area contributed by atoms with Crippen LogP contribution < -0.4 is 10.1 Å². The summed E-state index contributed by atoms with van der Waals surface area (Å²) in [5.74, 6) is 0.574. The summed E-state index contributed by atoms with van der Waals surface area (Å²) in [6, 6.07) is 8.58. The Morgan fingerprint density at radius 2 is 2.15 bits per heavy atom. The molecule has 1 unspecified atom stereocenters. The average Bonchev–Trinajstić information content (AvgIpc) is 2.94. The molecule has 0 aliphatic rings. The summed E-state index contributed by atoms with van der Waals surface area (Å²) >= 11 is 1.33. The van der Waals surface area contributed by atoms with Crippen LogP contribution >= 0.6 is 11.3 Å². The first-order valence-corrected chi connectivity index (χ1v) is 7.25. The summed E-state index contributed by atoms with van der Waals surface area (Å²) in [4.78, 5) is 12.8. The van der Waals surface area contributed by atoms with Gasteiger partial charge in [-0.15, -0.1) is 11.3 Å². The molecule has 5 heteroatoms. The molecule has 0 aliphatic heterocycles. The second-order valence-corrected chi connectivity index (χ2v) is 5.23. The third kappa shape index (κ3) is 2.93. The zero-order chi connectivity index (χ0) is 14.5. The predicted octanol–water partition coefficient (Wildman–Crippen LogP) is 3.34. The Morgan fingerprint density at radius 3 is 2.80 bits per heavy atom. The van der Waals surface area contributed by atoms with E-state index >= 15 is 0 Å². The number of para-hydroxylation sites is 1. The van der Waals surface area contributed by atoms with E-state index in [-0.39, 0.29) is 17.7 Å². The van der Waals surface area contributed by atoms with Crippen molar-refractivity contribution in [3.05, 3.63) is 46.2 Å². The van der Waals surface area contributed by atoms with Crippen molar-refractivity contribution in [1.29, 1.82) is 0 Å². The average molecular weight is 291 g/mol. The van der Waals surface area contributed by atoms with Gasteiger partial charge in [-0.25, -0.2) is 0 Å². The van der Waals surface area contributed by atoms with Crippen LogP contribution in [0.15, 0.2) is 35.7 Å². The number of phenols is 1. The number of aromatic hydroxyl groups is 1. The van der Waals surface area contributed by atoms with Gasteiger partial charge in [-0.3, -0.25) is 4.79 Å². The second-order valence-electron chi connectivity index (χ2n) is 4.31. The van der Waals surface area contributed by atoms with Crippen LogP contribution in [0.3, 0.4) is 0 Å². The molecule has 0 radical (unpaired) electrons. The van der Waals surface area contributed by atoms with E-state index in [1.165, 1.54) is 11.3 Å². The zero-order valence-electron chi connectivity index (χ0n) is 11.4. The van der Waals surface area contributed by atoms with Gasteiger partial charge < -0.3 is 15.2 Å². The van der Waals surface area contributed by atoms with E-state index in [0.717, 1.165) is 5.56 Å². The third-order valence-corrected chi connectivity index (χ3v) is 3.98. The highest BCUT2D eigenvalue weighted by Gasteiger charge is 2.20. The minimum atomic E-state index is -0.226. The van der Waals surface area contributed by atoms with E-state index in [1.54, 1.807) is 25.3 Å².